The molecule has 5 nitrogen and oxygen atoms in total. The topological polar surface area (TPSA) is 57.0 Å². The van der Waals surface area contributed by atoms with Crippen molar-refractivity contribution in [3.63, 3.8) is 0 Å². The molecule has 2 aromatic heterocycles. The van der Waals surface area contributed by atoms with Gasteiger partial charge in [-0.05, 0) is 28.1 Å². The van der Waals surface area contributed by atoms with Crippen LogP contribution < -0.4 is 0 Å². The standard InChI is InChI=1S/C10H8BrN3O2/c1-16-10(15)8-3-2-4-12-9(8)14-6-7(11)5-13-14/h2-6H,1H3. The third-order valence-electron chi connectivity index (χ3n) is 1.96. The van der Waals surface area contributed by atoms with Crippen molar-refractivity contribution in [1.29, 1.82) is 0 Å². The predicted octanol–water partition coefficient (Wildman–Crippen LogP) is 1.82. The van der Waals surface area contributed by atoms with E-state index >= 15 is 0 Å². The average molecular weight is 282 g/mol. The molecule has 6 heteroatoms. The lowest BCUT2D eigenvalue weighted by Crippen LogP contribution is -2.09. The summed E-state index contributed by atoms with van der Waals surface area (Å²) in [7, 11) is 1.33. The minimum atomic E-state index is -0.435. The average Bonchev–Trinajstić information content (AvgIpc) is 2.75. The van der Waals surface area contributed by atoms with Gasteiger partial charge in [-0.15, -0.1) is 0 Å². The number of methoxy groups -OCH3 is 1. The van der Waals surface area contributed by atoms with Crippen LogP contribution in [0.2, 0.25) is 0 Å². The predicted molar refractivity (Wildman–Crippen MR) is 60.4 cm³/mol. The zero-order valence-electron chi connectivity index (χ0n) is 8.42. The SMILES string of the molecule is COC(=O)c1cccnc1-n1cc(Br)cn1. The van der Waals surface area contributed by atoms with Crippen molar-refractivity contribution in [3.8, 4) is 5.82 Å². The second kappa shape index (κ2) is 4.44. The van der Waals surface area contributed by atoms with Gasteiger partial charge in [0, 0.05) is 12.4 Å². The molecular weight excluding hydrogens is 274 g/mol. The highest BCUT2D eigenvalue weighted by molar-refractivity contribution is 9.10. The zero-order valence-corrected chi connectivity index (χ0v) is 10.0. The Bertz CT molecular complexity index is 524. The fraction of sp³-hybridized carbons (Fsp3) is 0.100. The zero-order chi connectivity index (χ0) is 11.5. The number of carbonyl (C=O) groups is 1. The summed E-state index contributed by atoms with van der Waals surface area (Å²) in [6, 6.07) is 3.32. The van der Waals surface area contributed by atoms with E-state index in [1.807, 2.05) is 0 Å². The van der Waals surface area contributed by atoms with Gasteiger partial charge in [-0.2, -0.15) is 5.10 Å². The Hall–Kier alpha value is -1.69. The van der Waals surface area contributed by atoms with Gasteiger partial charge in [-0.3, -0.25) is 0 Å². The van der Waals surface area contributed by atoms with Crippen LogP contribution in [0.5, 0.6) is 0 Å². The van der Waals surface area contributed by atoms with E-state index in [0.29, 0.717) is 11.4 Å². The number of halogens is 1. The maximum atomic E-state index is 11.5. The van der Waals surface area contributed by atoms with E-state index in [1.54, 1.807) is 30.7 Å². The number of rotatable bonds is 2. The fourth-order valence-electron chi connectivity index (χ4n) is 1.27. The number of nitrogens with zero attached hydrogens (tertiary/aromatic N) is 3. The van der Waals surface area contributed by atoms with Gasteiger partial charge in [-0.1, -0.05) is 0 Å². The number of carbonyl (C=O) groups excluding carboxylic acids is 1. The Morgan fingerprint density at radius 3 is 3.00 bits per heavy atom. The molecule has 0 unspecified atom stereocenters. The van der Waals surface area contributed by atoms with Crippen LogP contribution in [0.25, 0.3) is 5.82 Å². The van der Waals surface area contributed by atoms with Crippen LogP contribution in [-0.4, -0.2) is 27.8 Å². The number of aromatic nitrogens is 3. The van der Waals surface area contributed by atoms with Crippen LogP contribution in [0.1, 0.15) is 10.4 Å². The highest BCUT2D eigenvalue weighted by Crippen LogP contribution is 2.14. The number of hydrogen-bond acceptors (Lipinski definition) is 4. The maximum Gasteiger partial charge on any atom is 0.341 e. The first-order valence-electron chi connectivity index (χ1n) is 4.46. The van der Waals surface area contributed by atoms with Crippen LogP contribution in [0.4, 0.5) is 0 Å². The Morgan fingerprint density at radius 2 is 2.38 bits per heavy atom. The fourth-order valence-corrected chi connectivity index (χ4v) is 1.55. The summed E-state index contributed by atoms with van der Waals surface area (Å²) in [6.07, 6.45) is 4.93. The normalized spacial score (nSPS) is 10.1. The van der Waals surface area contributed by atoms with Crippen LogP contribution >= 0.6 is 15.9 Å². The molecule has 0 aliphatic heterocycles. The van der Waals surface area contributed by atoms with Crippen LogP contribution in [-0.2, 0) is 4.74 Å². The van der Waals surface area contributed by atoms with Gasteiger partial charge in [0.1, 0.15) is 5.56 Å². The summed E-state index contributed by atoms with van der Waals surface area (Å²) in [5.74, 6) is 0.00905. The van der Waals surface area contributed by atoms with E-state index in [1.165, 1.54) is 11.8 Å². The van der Waals surface area contributed by atoms with E-state index < -0.39 is 5.97 Å². The highest BCUT2D eigenvalue weighted by atomic mass is 79.9. The molecule has 0 fully saturated rings. The van der Waals surface area contributed by atoms with Crippen molar-refractivity contribution in [3.05, 3.63) is 40.8 Å². The summed E-state index contributed by atoms with van der Waals surface area (Å²) in [5.41, 5.74) is 0.376. The minimum absolute atomic E-state index is 0.376. The smallest absolute Gasteiger partial charge is 0.341 e. The molecular formula is C10H8BrN3O2. The number of hydrogen-bond donors (Lipinski definition) is 0. The molecule has 2 aromatic rings. The molecule has 16 heavy (non-hydrogen) atoms. The van der Waals surface area contributed by atoms with Gasteiger partial charge >= 0.3 is 5.97 Å². The summed E-state index contributed by atoms with van der Waals surface area (Å²) >= 11 is 3.28. The Kier molecular flexibility index (Phi) is 3.00. The van der Waals surface area contributed by atoms with Crippen molar-refractivity contribution in [2.24, 2.45) is 0 Å². The number of ether oxygens (including phenoxy) is 1. The van der Waals surface area contributed by atoms with Gasteiger partial charge in [0.25, 0.3) is 0 Å². The van der Waals surface area contributed by atoms with Crippen LogP contribution in [0.3, 0.4) is 0 Å². The molecule has 0 spiro atoms. The quantitative estimate of drug-likeness (QED) is 0.788. The Balaban J connectivity index is 2.52. The molecule has 0 aromatic carbocycles. The van der Waals surface area contributed by atoms with Gasteiger partial charge < -0.3 is 4.74 Å². The van der Waals surface area contributed by atoms with Crippen LogP contribution in [0.15, 0.2) is 35.2 Å². The second-order valence-electron chi connectivity index (χ2n) is 2.97. The van der Waals surface area contributed by atoms with E-state index in [9.17, 15) is 4.79 Å². The first kappa shape index (κ1) is 10.8. The molecule has 0 radical (unpaired) electrons. The first-order valence-corrected chi connectivity index (χ1v) is 5.25. The maximum absolute atomic E-state index is 11.5. The Labute approximate surface area is 100 Å². The molecule has 82 valence electrons. The van der Waals surface area contributed by atoms with E-state index in [0.717, 1.165) is 4.47 Å². The summed E-state index contributed by atoms with van der Waals surface area (Å²) in [4.78, 5) is 15.6. The van der Waals surface area contributed by atoms with E-state index in [2.05, 4.69) is 30.7 Å². The van der Waals surface area contributed by atoms with E-state index in [4.69, 9.17) is 0 Å². The lowest BCUT2D eigenvalue weighted by molar-refractivity contribution is 0.0600. The van der Waals surface area contributed by atoms with Crippen molar-refractivity contribution in [2.75, 3.05) is 7.11 Å². The second-order valence-corrected chi connectivity index (χ2v) is 3.88. The van der Waals surface area contributed by atoms with Crippen molar-refractivity contribution in [2.45, 2.75) is 0 Å². The number of esters is 1. The van der Waals surface area contributed by atoms with E-state index in [-0.39, 0.29) is 0 Å². The molecule has 0 saturated heterocycles. The summed E-state index contributed by atoms with van der Waals surface area (Å²) < 4.78 is 7.00. The first-order chi connectivity index (χ1) is 7.72. The lowest BCUT2D eigenvalue weighted by Gasteiger charge is -2.05. The largest absolute Gasteiger partial charge is 0.465 e. The van der Waals surface area contributed by atoms with Crippen molar-refractivity contribution < 1.29 is 9.53 Å². The summed E-state index contributed by atoms with van der Waals surface area (Å²) in [5, 5.41) is 4.06. The molecule has 0 amide bonds. The molecule has 0 N–H and O–H groups in total. The van der Waals surface area contributed by atoms with Gasteiger partial charge in [0.05, 0.1) is 17.8 Å². The third kappa shape index (κ3) is 1.96. The summed E-state index contributed by atoms with van der Waals surface area (Å²) in [6.45, 7) is 0. The molecule has 2 heterocycles. The molecule has 2 rings (SSSR count). The lowest BCUT2D eigenvalue weighted by atomic mass is 10.2. The minimum Gasteiger partial charge on any atom is -0.465 e. The molecule has 0 saturated carbocycles. The van der Waals surface area contributed by atoms with Crippen molar-refractivity contribution >= 4 is 21.9 Å². The Morgan fingerprint density at radius 1 is 1.56 bits per heavy atom. The molecule has 0 aliphatic rings. The molecule has 0 aliphatic carbocycles. The molecule has 0 bridgehead atoms. The monoisotopic (exact) mass is 281 g/mol. The van der Waals surface area contributed by atoms with Gasteiger partial charge in [0.2, 0.25) is 0 Å². The van der Waals surface area contributed by atoms with Gasteiger partial charge in [0.15, 0.2) is 5.82 Å². The van der Waals surface area contributed by atoms with Gasteiger partial charge in [-0.25, -0.2) is 14.5 Å². The highest BCUT2D eigenvalue weighted by Gasteiger charge is 2.14. The third-order valence-corrected chi connectivity index (χ3v) is 2.37. The molecule has 0 atom stereocenters. The van der Waals surface area contributed by atoms with Crippen molar-refractivity contribution in [1.82, 2.24) is 14.8 Å². The van der Waals surface area contributed by atoms with Crippen LogP contribution in [0, 0.1) is 0 Å². The number of pyridine rings is 1.